The molecule has 2 aliphatic carbocycles. The lowest BCUT2D eigenvalue weighted by Gasteiger charge is -2.33. The molecule has 0 bridgehead atoms. The van der Waals surface area contributed by atoms with Crippen LogP contribution in [0, 0.1) is 5.92 Å². The van der Waals surface area contributed by atoms with Gasteiger partial charge in [0.15, 0.2) is 0 Å². The average molecular weight is 449 g/mol. The second kappa shape index (κ2) is 9.46. The molecule has 5 rings (SSSR count). The molecule has 3 aliphatic rings. The molecule has 1 saturated carbocycles. The van der Waals surface area contributed by atoms with E-state index in [1.165, 1.54) is 11.1 Å². The number of nitrogens with one attached hydrogen (secondary N) is 1. The fraction of sp³-hybridized carbons (Fsp3) is 0.481. The minimum atomic E-state index is -0.146. The Kier molecular flexibility index (Phi) is 6.25. The highest BCUT2D eigenvalue weighted by atomic mass is 16.5. The number of carbonyl (C=O) groups excluding carboxylic acids is 2. The van der Waals surface area contributed by atoms with Gasteiger partial charge in [-0.05, 0) is 61.4 Å². The summed E-state index contributed by atoms with van der Waals surface area (Å²) >= 11 is 0. The maximum Gasteiger partial charge on any atom is 0.255 e. The second-order valence-electron chi connectivity index (χ2n) is 9.40. The monoisotopic (exact) mass is 448 g/mol. The first-order valence-corrected chi connectivity index (χ1v) is 12.1. The van der Waals surface area contributed by atoms with Crippen LogP contribution in [0.25, 0.3) is 0 Å². The van der Waals surface area contributed by atoms with Gasteiger partial charge in [0.05, 0.1) is 18.7 Å². The highest BCUT2D eigenvalue weighted by Gasteiger charge is 2.35. The molecule has 6 heteroatoms. The molecule has 174 valence electrons. The number of nitrogens with zero attached hydrogens (tertiary/aromatic N) is 1. The summed E-state index contributed by atoms with van der Waals surface area (Å²) in [5.41, 5.74) is 3.01. The molecule has 1 heterocycles. The average Bonchev–Trinajstić information content (AvgIpc) is 3.70. The van der Waals surface area contributed by atoms with Crippen molar-refractivity contribution in [1.82, 2.24) is 10.2 Å². The quantitative estimate of drug-likeness (QED) is 0.716. The topological polar surface area (TPSA) is 67.9 Å². The molecule has 0 spiro atoms. The number of hydrogen-bond acceptors (Lipinski definition) is 4. The van der Waals surface area contributed by atoms with Gasteiger partial charge in [-0.15, -0.1) is 0 Å². The number of benzene rings is 2. The highest BCUT2D eigenvalue weighted by Crippen LogP contribution is 2.34. The molecule has 2 aromatic rings. The van der Waals surface area contributed by atoms with Crippen LogP contribution >= 0.6 is 0 Å². The van der Waals surface area contributed by atoms with E-state index in [1.807, 2.05) is 23.1 Å². The zero-order valence-electron chi connectivity index (χ0n) is 19.2. The van der Waals surface area contributed by atoms with Crippen molar-refractivity contribution in [1.29, 1.82) is 0 Å². The van der Waals surface area contributed by atoms with Crippen molar-refractivity contribution in [2.24, 2.45) is 5.92 Å². The van der Waals surface area contributed by atoms with E-state index >= 15 is 0 Å². The molecular formula is C27H32N2O4. The van der Waals surface area contributed by atoms with E-state index in [4.69, 9.17) is 9.47 Å². The third-order valence-electron chi connectivity index (χ3n) is 7.08. The van der Waals surface area contributed by atoms with Crippen molar-refractivity contribution in [2.45, 2.75) is 57.1 Å². The molecule has 33 heavy (non-hydrogen) atoms. The van der Waals surface area contributed by atoms with E-state index in [1.54, 1.807) is 13.2 Å². The number of likely N-dealkylation sites (tertiary alicyclic amines) is 1. The molecule has 6 nitrogen and oxygen atoms in total. The van der Waals surface area contributed by atoms with Gasteiger partial charge in [0, 0.05) is 31.8 Å². The van der Waals surface area contributed by atoms with Crippen LogP contribution in [0.15, 0.2) is 42.5 Å². The van der Waals surface area contributed by atoms with E-state index in [2.05, 4.69) is 23.5 Å². The number of aryl methyl sites for hydroxylation is 1. The standard InChI is InChI=1S/C27H32N2O4/c1-32-21-11-12-25(33-20-13-15-29(16-14-20)27(31)19-9-10-19)23(17-21)26(30)28-24-8-4-6-18-5-2-3-7-22(18)24/h2-3,5,7,11-12,17,19-20,24H,4,6,8-10,13-16H2,1H3,(H,28,30). The van der Waals surface area contributed by atoms with Crippen molar-refractivity contribution in [3.63, 3.8) is 0 Å². The molecule has 1 aliphatic heterocycles. The van der Waals surface area contributed by atoms with Crippen LogP contribution in [0.2, 0.25) is 0 Å². The van der Waals surface area contributed by atoms with Crippen LogP contribution < -0.4 is 14.8 Å². The summed E-state index contributed by atoms with van der Waals surface area (Å²) in [6.45, 7) is 1.44. The Bertz CT molecular complexity index is 1020. The number of hydrogen-bond donors (Lipinski definition) is 1. The summed E-state index contributed by atoms with van der Waals surface area (Å²) in [4.78, 5) is 27.7. The molecule has 2 amide bonds. The fourth-order valence-corrected chi connectivity index (χ4v) is 5.02. The minimum absolute atomic E-state index is 0.00169. The molecule has 1 unspecified atom stereocenters. The van der Waals surface area contributed by atoms with E-state index in [0.717, 1.165) is 58.0 Å². The molecule has 2 fully saturated rings. The summed E-state index contributed by atoms with van der Waals surface area (Å²) in [5, 5.41) is 3.23. The van der Waals surface area contributed by atoms with Gasteiger partial charge < -0.3 is 19.7 Å². The third-order valence-corrected chi connectivity index (χ3v) is 7.08. The van der Waals surface area contributed by atoms with Gasteiger partial charge in [-0.1, -0.05) is 24.3 Å². The Labute approximate surface area is 195 Å². The van der Waals surface area contributed by atoms with Crippen LogP contribution in [-0.4, -0.2) is 43.0 Å². The molecule has 1 saturated heterocycles. The summed E-state index contributed by atoms with van der Waals surface area (Å²) in [5.74, 6) is 1.60. The molecule has 1 N–H and O–H groups in total. The van der Waals surface area contributed by atoms with Crippen molar-refractivity contribution < 1.29 is 19.1 Å². The number of amides is 2. The van der Waals surface area contributed by atoms with Gasteiger partial charge in [0.1, 0.15) is 17.6 Å². The number of piperidine rings is 1. The molecule has 1 atom stereocenters. The predicted molar refractivity (Wildman–Crippen MR) is 126 cm³/mol. The van der Waals surface area contributed by atoms with Crippen LogP contribution in [0.4, 0.5) is 0 Å². The Balaban J connectivity index is 1.29. The largest absolute Gasteiger partial charge is 0.497 e. The Morgan fingerprint density at radius 2 is 1.79 bits per heavy atom. The zero-order valence-corrected chi connectivity index (χ0v) is 19.2. The van der Waals surface area contributed by atoms with Gasteiger partial charge in [0.25, 0.3) is 5.91 Å². The van der Waals surface area contributed by atoms with Gasteiger partial charge in [0.2, 0.25) is 5.91 Å². The lowest BCUT2D eigenvalue weighted by Crippen LogP contribution is -2.42. The van der Waals surface area contributed by atoms with Crippen LogP contribution in [-0.2, 0) is 11.2 Å². The van der Waals surface area contributed by atoms with Crippen molar-refractivity contribution in [3.8, 4) is 11.5 Å². The number of ether oxygens (including phenoxy) is 2. The first kappa shape index (κ1) is 21.8. The Morgan fingerprint density at radius 3 is 2.55 bits per heavy atom. The second-order valence-corrected chi connectivity index (χ2v) is 9.40. The lowest BCUT2D eigenvalue weighted by molar-refractivity contribution is -0.134. The summed E-state index contributed by atoms with van der Waals surface area (Å²) < 4.78 is 11.7. The first-order chi connectivity index (χ1) is 16.1. The molecule has 0 aromatic heterocycles. The molecule has 0 radical (unpaired) electrons. The Morgan fingerprint density at radius 1 is 1.00 bits per heavy atom. The van der Waals surface area contributed by atoms with Gasteiger partial charge in [-0.2, -0.15) is 0 Å². The van der Waals surface area contributed by atoms with E-state index in [-0.39, 0.29) is 24.0 Å². The summed E-state index contributed by atoms with van der Waals surface area (Å²) in [6.07, 6.45) is 6.65. The minimum Gasteiger partial charge on any atom is -0.497 e. The van der Waals surface area contributed by atoms with Gasteiger partial charge in [-0.3, -0.25) is 9.59 Å². The van der Waals surface area contributed by atoms with Crippen molar-refractivity contribution >= 4 is 11.8 Å². The fourth-order valence-electron chi connectivity index (χ4n) is 5.02. The van der Waals surface area contributed by atoms with Crippen LogP contribution in [0.3, 0.4) is 0 Å². The summed E-state index contributed by atoms with van der Waals surface area (Å²) in [6, 6.07) is 13.7. The van der Waals surface area contributed by atoms with E-state index in [0.29, 0.717) is 23.0 Å². The van der Waals surface area contributed by atoms with E-state index < -0.39 is 0 Å². The first-order valence-electron chi connectivity index (χ1n) is 12.1. The number of fused-ring (bicyclic) bond motifs is 1. The normalized spacial score (nSPS) is 20.6. The number of methoxy groups -OCH3 is 1. The Hall–Kier alpha value is -3.02. The van der Waals surface area contributed by atoms with E-state index in [9.17, 15) is 9.59 Å². The van der Waals surface area contributed by atoms with Gasteiger partial charge in [-0.25, -0.2) is 0 Å². The molecule has 2 aromatic carbocycles. The maximum atomic E-state index is 13.4. The smallest absolute Gasteiger partial charge is 0.255 e. The number of carbonyl (C=O) groups is 2. The predicted octanol–water partition coefficient (Wildman–Crippen LogP) is 4.28. The maximum absolute atomic E-state index is 13.4. The highest BCUT2D eigenvalue weighted by molar-refractivity contribution is 5.97. The van der Waals surface area contributed by atoms with Crippen LogP contribution in [0.5, 0.6) is 11.5 Å². The van der Waals surface area contributed by atoms with Crippen LogP contribution in [0.1, 0.15) is 66.1 Å². The van der Waals surface area contributed by atoms with Gasteiger partial charge >= 0.3 is 0 Å². The third kappa shape index (κ3) is 4.85. The zero-order chi connectivity index (χ0) is 22.8. The summed E-state index contributed by atoms with van der Waals surface area (Å²) in [7, 11) is 1.60. The molecular weight excluding hydrogens is 416 g/mol. The SMILES string of the molecule is COc1ccc(OC2CCN(C(=O)C3CC3)CC2)c(C(=O)NC2CCCc3ccccc32)c1. The number of rotatable bonds is 6. The lowest BCUT2D eigenvalue weighted by atomic mass is 9.87. The van der Waals surface area contributed by atoms with Crippen molar-refractivity contribution in [2.75, 3.05) is 20.2 Å². The van der Waals surface area contributed by atoms with Crippen molar-refractivity contribution in [3.05, 3.63) is 59.2 Å².